The normalized spacial score (nSPS) is 26.8. The molecule has 0 aromatic heterocycles. The number of hydrogen-bond donors (Lipinski definition) is 1. The minimum Gasteiger partial charge on any atom is -0.334 e. The lowest BCUT2D eigenvalue weighted by Gasteiger charge is -2.32. The molecule has 2 saturated heterocycles. The van der Waals surface area contributed by atoms with Crippen molar-refractivity contribution < 1.29 is 4.79 Å². The SMILES string of the molecule is Cc1ccccc1C1CCCN1C(=O)[C@H]1CCCCN1. The molecule has 0 aliphatic carbocycles. The van der Waals surface area contributed by atoms with E-state index in [0.717, 1.165) is 32.4 Å². The molecule has 1 amide bonds. The van der Waals surface area contributed by atoms with Gasteiger partial charge in [-0.2, -0.15) is 0 Å². The molecule has 20 heavy (non-hydrogen) atoms. The highest BCUT2D eigenvalue weighted by atomic mass is 16.2. The summed E-state index contributed by atoms with van der Waals surface area (Å²) < 4.78 is 0. The summed E-state index contributed by atoms with van der Waals surface area (Å²) in [5, 5.41) is 3.39. The Kier molecular flexibility index (Phi) is 4.06. The van der Waals surface area contributed by atoms with Gasteiger partial charge in [0.2, 0.25) is 5.91 Å². The molecule has 2 aliphatic heterocycles. The largest absolute Gasteiger partial charge is 0.334 e. The lowest BCUT2D eigenvalue weighted by molar-refractivity contribution is -0.135. The van der Waals surface area contributed by atoms with Crippen molar-refractivity contribution in [1.82, 2.24) is 10.2 Å². The van der Waals surface area contributed by atoms with E-state index in [1.807, 2.05) is 0 Å². The first kappa shape index (κ1) is 13.6. The Morgan fingerprint density at radius 3 is 2.80 bits per heavy atom. The number of carbonyl (C=O) groups is 1. The number of nitrogens with one attached hydrogen (secondary N) is 1. The number of rotatable bonds is 2. The van der Waals surface area contributed by atoms with E-state index in [9.17, 15) is 4.79 Å². The minimum atomic E-state index is 0.0494. The summed E-state index contributed by atoms with van der Waals surface area (Å²) in [5.74, 6) is 0.315. The third-order valence-electron chi connectivity index (χ3n) is 4.69. The van der Waals surface area contributed by atoms with Crippen LogP contribution in [0.1, 0.15) is 49.3 Å². The van der Waals surface area contributed by atoms with Crippen LogP contribution in [0.15, 0.2) is 24.3 Å². The quantitative estimate of drug-likeness (QED) is 0.898. The Bertz CT molecular complexity index is 480. The molecule has 108 valence electrons. The molecule has 1 aromatic carbocycles. The highest BCUT2D eigenvalue weighted by molar-refractivity contribution is 5.82. The second kappa shape index (κ2) is 5.96. The number of piperidine rings is 1. The van der Waals surface area contributed by atoms with Crippen molar-refractivity contribution in [3.05, 3.63) is 35.4 Å². The fourth-order valence-electron chi connectivity index (χ4n) is 3.58. The zero-order chi connectivity index (χ0) is 13.9. The van der Waals surface area contributed by atoms with E-state index in [0.29, 0.717) is 5.91 Å². The summed E-state index contributed by atoms with van der Waals surface area (Å²) in [6.45, 7) is 4.05. The molecule has 0 saturated carbocycles. The number of aryl methyl sites for hydroxylation is 1. The van der Waals surface area contributed by atoms with Crippen molar-refractivity contribution >= 4 is 5.91 Å². The topological polar surface area (TPSA) is 32.3 Å². The standard InChI is InChI=1S/C17H24N2O/c1-13-7-2-3-8-14(13)16-10-6-12-19(16)17(20)15-9-4-5-11-18-15/h2-3,7-8,15-16,18H,4-6,9-12H2,1H3/t15-,16?/m1/s1. The predicted octanol–water partition coefficient (Wildman–Crippen LogP) is 2.80. The van der Waals surface area contributed by atoms with Gasteiger partial charge in [0, 0.05) is 6.54 Å². The summed E-state index contributed by atoms with van der Waals surface area (Å²) >= 11 is 0. The van der Waals surface area contributed by atoms with Gasteiger partial charge in [-0.05, 0) is 50.3 Å². The van der Waals surface area contributed by atoms with Crippen LogP contribution in [0, 0.1) is 6.92 Å². The van der Waals surface area contributed by atoms with E-state index in [1.165, 1.54) is 24.0 Å². The van der Waals surface area contributed by atoms with Crippen molar-refractivity contribution in [3.63, 3.8) is 0 Å². The van der Waals surface area contributed by atoms with Crippen LogP contribution >= 0.6 is 0 Å². The van der Waals surface area contributed by atoms with Gasteiger partial charge >= 0.3 is 0 Å². The van der Waals surface area contributed by atoms with Crippen LogP contribution in [-0.2, 0) is 4.79 Å². The van der Waals surface area contributed by atoms with Gasteiger partial charge in [-0.15, -0.1) is 0 Å². The predicted molar refractivity (Wildman–Crippen MR) is 80.5 cm³/mol. The molecule has 2 heterocycles. The average molecular weight is 272 g/mol. The van der Waals surface area contributed by atoms with Gasteiger partial charge in [0.25, 0.3) is 0 Å². The summed E-state index contributed by atoms with van der Waals surface area (Å²) in [4.78, 5) is 14.9. The van der Waals surface area contributed by atoms with Gasteiger partial charge < -0.3 is 10.2 Å². The lowest BCUT2D eigenvalue weighted by atomic mass is 9.98. The van der Waals surface area contributed by atoms with Crippen LogP contribution in [0.4, 0.5) is 0 Å². The zero-order valence-electron chi connectivity index (χ0n) is 12.3. The lowest BCUT2D eigenvalue weighted by Crippen LogP contribution is -2.48. The van der Waals surface area contributed by atoms with Crippen molar-refractivity contribution in [3.8, 4) is 0 Å². The van der Waals surface area contributed by atoms with Crippen molar-refractivity contribution in [2.75, 3.05) is 13.1 Å². The summed E-state index contributed by atoms with van der Waals surface area (Å²) in [5.41, 5.74) is 2.63. The molecular formula is C17H24N2O. The molecule has 2 atom stereocenters. The minimum absolute atomic E-state index is 0.0494. The molecule has 3 rings (SSSR count). The van der Waals surface area contributed by atoms with E-state index in [1.54, 1.807) is 0 Å². The summed E-state index contributed by atoms with van der Waals surface area (Å²) in [6.07, 6.45) is 5.59. The number of likely N-dealkylation sites (tertiary alicyclic amines) is 1. The average Bonchev–Trinajstić information content (AvgIpc) is 2.97. The second-order valence-electron chi connectivity index (χ2n) is 6.05. The van der Waals surface area contributed by atoms with Gasteiger partial charge in [0.1, 0.15) is 0 Å². The Morgan fingerprint density at radius 2 is 2.05 bits per heavy atom. The number of hydrogen-bond acceptors (Lipinski definition) is 2. The van der Waals surface area contributed by atoms with Gasteiger partial charge in [-0.1, -0.05) is 30.7 Å². The Balaban J connectivity index is 1.78. The fourth-order valence-corrected chi connectivity index (χ4v) is 3.58. The van der Waals surface area contributed by atoms with Crippen LogP contribution in [0.5, 0.6) is 0 Å². The number of benzene rings is 1. The maximum Gasteiger partial charge on any atom is 0.240 e. The molecule has 3 heteroatoms. The summed E-state index contributed by atoms with van der Waals surface area (Å²) in [7, 11) is 0. The molecule has 1 N–H and O–H groups in total. The third kappa shape index (κ3) is 2.59. The fraction of sp³-hybridized carbons (Fsp3) is 0.588. The Labute approximate surface area is 121 Å². The van der Waals surface area contributed by atoms with Crippen molar-refractivity contribution in [2.24, 2.45) is 0 Å². The maximum atomic E-state index is 12.8. The van der Waals surface area contributed by atoms with E-state index >= 15 is 0 Å². The summed E-state index contributed by atoms with van der Waals surface area (Å²) in [6, 6.07) is 8.82. The molecule has 1 unspecified atom stereocenters. The molecule has 0 radical (unpaired) electrons. The maximum absolute atomic E-state index is 12.8. The molecule has 2 fully saturated rings. The van der Waals surface area contributed by atoms with E-state index < -0.39 is 0 Å². The Morgan fingerprint density at radius 1 is 1.20 bits per heavy atom. The van der Waals surface area contributed by atoms with E-state index in [2.05, 4.69) is 41.4 Å². The molecular weight excluding hydrogens is 248 g/mol. The molecule has 0 bridgehead atoms. The zero-order valence-corrected chi connectivity index (χ0v) is 12.3. The molecule has 2 aliphatic rings. The van der Waals surface area contributed by atoms with E-state index in [4.69, 9.17) is 0 Å². The van der Waals surface area contributed by atoms with E-state index in [-0.39, 0.29) is 12.1 Å². The Hall–Kier alpha value is -1.35. The highest BCUT2D eigenvalue weighted by Crippen LogP contribution is 2.34. The van der Waals surface area contributed by atoms with Crippen LogP contribution in [0.2, 0.25) is 0 Å². The smallest absolute Gasteiger partial charge is 0.240 e. The first-order valence-electron chi connectivity index (χ1n) is 7.87. The molecule has 3 nitrogen and oxygen atoms in total. The molecule has 1 aromatic rings. The molecule has 0 spiro atoms. The van der Waals surface area contributed by atoms with Gasteiger partial charge in [-0.25, -0.2) is 0 Å². The van der Waals surface area contributed by atoms with Crippen LogP contribution in [0.25, 0.3) is 0 Å². The van der Waals surface area contributed by atoms with Gasteiger partial charge in [-0.3, -0.25) is 4.79 Å². The van der Waals surface area contributed by atoms with Gasteiger partial charge in [0.15, 0.2) is 0 Å². The number of amides is 1. The monoisotopic (exact) mass is 272 g/mol. The number of carbonyl (C=O) groups excluding carboxylic acids is 1. The van der Waals surface area contributed by atoms with Crippen molar-refractivity contribution in [1.29, 1.82) is 0 Å². The first-order valence-corrected chi connectivity index (χ1v) is 7.87. The highest BCUT2D eigenvalue weighted by Gasteiger charge is 2.34. The number of nitrogens with zero attached hydrogens (tertiary/aromatic N) is 1. The second-order valence-corrected chi connectivity index (χ2v) is 6.05. The van der Waals surface area contributed by atoms with Crippen LogP contribution in [0.3, 0.4) is 0 Å². The van der Waals surface area contributed by atoms with Crippen LogP contribution in [-0.4, -0.2) is 29.9 Å². The third-order valence-corrected chi connectivity index (χ3v) is 4.69. The van der Waals surface area contributed by atoms with Gasteiger partial charge in [0.05, 0.1) is 12.1 Å². The van der Waals surface area contributed by atoms with Crippen LogP contribution < -0.4 is 5.32 Å². The first-order chi connectivity index (χ1) is 9.77. The van der Waals surface area contributed by atoms with Crippen molar-refractivity contribution in [2.45, 2.75) is 51.1 Å².